The van der Waals surface area contributed by atoms with E-state index in [0.29, 0.717) is 6.42 Å². The topological polar surface area (TPSA) is 49.4 Å². The van der Waals surface area contributed by atoms with Crippen molar-refractivity contribution in [3.63, 3.8) is 0 Å². The van der Waals surface area contributed by atoms with Gasteiger partial charge in [-0.3, -0.25) is 4.18 Å². The number of hydrogen-bond acceptors (Lipinski definition) is 3. The Balaban J connectivity index is 3.24. The molecular weight excluding hydrogens is 128 g/mol. The first-order chi connectivity index (χ1) is 3.66. The number of hydrogen-bond donors (Lipinski definition) is 0. The molecular formula is C4H9O3S-. The van der Waals surface area contributed by atoms with Crippen LogP contribution in [0.15, 0.2) is 0 Å². The van der Waals surface area contributed by atoms with E-state index >= 15 is 0 Å². The molecule has 0 aliphatic carbocycles. The third kappa shape index (κ3) is 4.23. The smallest absolute Gasteiger partial charge is 0.0844 e. The molecule has 3 nitrogen and oxygen atoms in total. The Bertz CT molecular complexity index is 83.4. The highest BCUT2D eigenvalue weighted by molar-refractivity contribution is 7.74. The molecule has 0 bridgehead atoms. The minimum Gasteiger partial charge on any atom is -0.750 e. The molecule has 0 fully saturated rings. The SMILES string of the molecule is CCC(C)OS(=O)[O-]. The third-order valence-corrected chi connectivity index (χ3v) is 1.30. The van der Waals surface area contributed by atoms with E-state index in [1.54, 1.807) is 6.92 Å². The van der Waals surface area contributed by atoms with Crippen LogP contribution < -0.4 is 0 Å². The van der Waals surface area contributed by atoms with Crippen LogP contribution in [-0.2, 0) is 15.5 Å². The van der Waals surface area contributed by atoms with Gasteiger partial charge in [0.05, 0.1) is 17.5 Å². The maximum atomic E-state index is 9.75. The molecule has 0 aliphatic heterocycles. The lowest BCUT2D eigenvalue weighted by atomic mass is 10.3. The van der Waals surface area contributed by atoms with Crippen molar-refractivity contribution >= 4 is 11.4 Å². The molecule has 0 aromatic heterocycles. The van der Waals surface area contributed by atoms with Crippen LogP contribution in [-0.4, -0.2) is 14.9 Å². The van der Waals surface area contributed by atoms with Gasteiger partial charge in [-0.05, 0) is 13.3 Å². The summed E-state index contributed by atoms with van der Waals surface area (Å²) in [5, 5.41) is 0. The Morgan fingerprint density at radius 2 is 2.38 bits per heavy atom. The van der Waals surface area contributed by atoms with Crippen molar-refractivity contribution in [2.24, 2.45) is 0 Å². The summed E-state index contributed by atoms with van der Waals surface area (Å²) in [5.41, 5.74) is 0. The van der Waals surface area contributed by atoms with Gasteiger partial charge in [-0.1, -0.05) is 6.92 Å². The predicted octanol–water partition coefficient (Wildman–Crippen LogP) is 0.596. The van der Waals surface area contributed by atoms with E-state index in [2.05, 4.69) is 4.18 Å². The van der Waals surface area contributed by atoms with E-state index in [9.17, 15) is 8.76 Å². The van der Waals surface area contributed by atoms with Gasteiger partial charge in [-0.25, -0.2) is 4.21 Å². The molecule has 0 N–H and O–H groups in total. The third-order valence-electron chi connectivity index (χ3n) is 0.818. The maximum absolute atomic E-state index is 9.75. The molecule has 4 heteroatoms. The van der Waals surface area contributed by atoms with Crippen molar-refractivity contribution in [1.82, 2.24) is 0 Å². The van der Waals surface area contributed by atoms with Crippen LogP contribution in [0.5, 0.6) is 0 Å². The lowest BCUT2D eigenvalue weighted by Gasteiger charge is -2.10. The van der Waals surface area contributed by atoms with E-state index < -0.39 is 11.4 Å². The van der Waals surface area contributed by atoms with Gasteiger partial charge in [-0.2, -0.15) is 0 Å². The summed E-state index contributed by atoms with van der Waals surface area (Å²) in [6, 6.07) is 0. The molecule has 0 amide bonds. The second-order valence-corrected chi connectivity index (χ2v) is 2.12. The van der Waals surface area contributed by atoms with Gasteiger partial charge in [0, 0.05) is 0 Å². The fraction of sp³-hybridized carbons (Fsp3) is 1.00. The summed E-state index contributed by atoms with van der Waals surface area (Å²) >= 11 is -2.35. The fourth-order valence-corrected chi connectivity index (χ4v) is 0.606. The van der Waals surface area contributed by atoms with Crippen molar-refractivity contribution < 1.29 is 12.9 Å². The first-order valence-electron chi connectivity index (χ1n) is 2.43. The molecule has 0 aliphatic rings. The predicted molar refractivity (Wildman–Crippen MR) is 29.8 cm³/mol. The number of rotatable bonds is 3. The van der Waals surface area contributed by atoms with Crippen LogP contribution in [0.1, 0.15) is 20.3 Å². The molecule has 0 rings (SSSR count). The molecule has 0 aromatic carbocycles. The van der Waals surface area contributed by atoms with Crippen molar-refractivity contribution in [3.8, 4) is 0 Å². The molecule has 0 radical (unpaired) electrons. The highest BCUT2D eigenvalue weighted by Crippen LogP contribution is 1.95. The van der Waals surface area contributed by atoms with Crippen LogP contribution in [0.25, 0.3) is 0 Å². The zero-order chi connectivity index (χ0) is 6.57. The molecule has 0 spiro atoms. The zero-order valence-electron chi connectivity index (χ0n) is 4.92. The highest BCUT2D eigenvalue weighted by Gasteiger charge is 1.95. The summed E-state index contributed by atoms with van der Waals surface area (Å²) < 4.78 is 23.8. The van der Waals surface area contributed by atoms with E-state index in [1.165, 1.54) is 0 Å². The van der Waals surface area contributed by atoms with Crippen molar-refractivity contribution in [2.75, 3.05) is 0 Å². The highest BCUT2D eigenvalue weighted by atomic mass is 32.2. The van der Waals surface area contributed by atoms with Crippen LogP contribution >= 0.6 is 0 Å². The molecule has 0 saturated heterocycles. The summed E-state index contributed by atoms with van der Waals surface area (Å²) in [6.07, 6.45) is 0.530. The Labute approximate surface area is 51.5 Å². The lowest BCUT2D eigenvalue weighted by molar-refractivity contribution is 0.215. The van der Waals surface area contributed by atoms with Gasteiger partial charge in [0.15, 0.2) is 0 Å². The van der Waals surface area contributed by atoms with Gasteiger partial charge < -0.3 is 4.55 Å². The van der Waals surface area contributed by atoms with Crippen LogP contribution in [0, 0.1) is 0 Å². The van der Waals surface area contributed by atoms with Crippen molar-refractivity contribution in [3.05, 3.63) is 0 Å². The second kappa shape index (κ2) is 4.00. The average molecular weight is 137 g/mol. The zero-order valence-corrected chi connectivity index (χ0v) is 5.73. The van der Waals surface area contributed by atoms with E-state index in [-0.39, 0.29) is 6.10 Å². The minimum atomic E-state index is -2.35. The average Bonchev–Trinajstić information content (AvgIpc) is 1.65. The van der Waals surface area contributed by atoms with Crippen LogP contribution in [0.3, 0.4) is 0 Å². The second-order valence-electron chi connectivity index (χ2n) is 1.52. The normalized spacial score (nSPS) is 17.9. The largest absolute Gasteiger partial charge is 0.750 e. The molecule has 2 atom stereocenters. The Kier molecular flexibility index (Phi) is 4.03. The molecule has 0 heterocycles. The van der Waals surface area contributed by atoms with Crippen LogP contribution in [0.2, 0.25) is 0 Å². The summed E-state index contributed by atoms with van der Waals surface area (Å²) in [4.78, 5) is 0. The van der Waals surface area contributed by atoms with E-state index in [0.717, 1.165) is 0 Å². The van der Waals surface area contributed by atoms with Crippen LogP contribution in [0.4, 0.5) is 0 Å². The van der Waals surface area contributed by atoms with Crippen molar-refractivity contribution in [2.45, 2.75) is 26.4 Å². The van der Waals surface area contributed by atoms with Gasteiger partial charge in [0.25, 0.3) is 0 Å². The molecule has 0 aromatic rings. The first-order valence-corrected chi connectivity index (χ1v) is 3.43. The minimum absolute atomic E-state index is 0.187. The summed E-state index contributed by atoms with van der Waals surface area (Å²) in [6.45, 7) is 3.56. The van der Waals surface area contributed by atoms with Gasteiger partial charge >= 0.3 is 0 Å². The molecule has 0 saturated carbocycles. The Hall–Kier alpha value is 0.0700. The standard InChI is InChI=1S/C4H10O3S/c1-3-4(2)7-8(5)6/h4H,3H2,1-2H3,(H,5,6)/p-1. The van der Waals surface area contributed by atoms with Gasteiger partial charge in [-0.15, -0.1) is 0 Å². The maximum Gasteiger partial charge on any atom is 0.0844 e. The molecule has 2 unspecified atom stereocenters. The van der Waals surface area contributed by atoms with Gasteiger partial charge in [0.2, 0.25) is 0 Å². The Morgan fingerprint density at radius 1 is 1.88 bits per heavy atom. The first kappa shape index (κ1) is 8.07. The summed E-state index contributed by atoms with van der Waals surface area (Å²) in [5.74, 6) is 0. The van der Waals surface area contributed by atoms with Crippen molar-refractivity contribution in [1.29, 1.82) is 0 Å². The molecule has 8 heavy (non-hydrogen) atoms. The lowest BCUT2D eigenvalue weighted by Crippen LogP contribution is -2.07. The monoisotopic (exact) mass is 137 g/mol. The fourth-order valence-electron chi connectivity index (χ4n) is 0.202. The van der Waals surface area contributed by atoms with E-state index in [4.69, 9.17) is 0 Å². The summed E-state index contributed by atoms with van der Waals surface area (Å²) in [7, 11) is 0. The quantitative estimate of drug-likeness (QED) is 0.535. The van der Waals surface area contributed by atoms with Gasteiger partial charge in [0.1, 0.15) is 0 Å². The van der Waals surface area contributed by atoms with E-state index in [1.807, 2.05) is 6.92 Å². The Morgan fingerprint density at radius 3 is 2.50 bits per heavy atom. The molecule has 50 valence electrons.